The lowest BCUT2D eigenvalue weighted by atomic mass is 10.2. The fraction of sp³-hybridized carbons (Fsp3) is 0.231. The Hall–Kier alpha value is -3.26. The average Bonchev–Trinajstić information content (AvgIpc) is 2.83. The number of halogens is 3. The number of rotatable bonds is 7. The van der Waals surface area contributed by atoms with Crippen LogP contribution in [-0.4, -0.2) is 43.1 Å². The third-order valence-corrected chi connectivity index (χ3v) is 6.28. The van der Waals surface area contributed by atoms with Crippen LogP contribution in [0.1, 0.15) is 16.8 Å². The van der Waals surface area contributed by atoms with Crippen LogP contribution in [0.5, 0.6) is 0 Å². The van der Waals surface area contributed by atoms with Crippen LogP contribution in [0.3, 0.4) is 0 Å². The molecule has 0 aliphatic carbocycles. The minimum absolute atomic E-state index is 0.120. The number of para-hydroxylation sites is 2. The molecule has 34 heavy (non-hydrogen) atoms. The average molecular weight is 486 g/mol. The Balaban J connectivity index is 1.92. The zero-order valence-electron chi connectivity index (χ0n) is 18.9. The molecule has 3 aromatic rings. The second-order valence-electron chi connectivity index (χ2n) is 7.74. The summed E-state index contributed by atoms with van der Waals surface area (Å²) in [4.78, 5) is 20.5. The zero-order valence-corrected chi connectivity index (χ0v) is 19.8. The third kappa shape index (κ3) is 7.66. The van der Waals surface area contributed by atoms with Crippen LogP contribution in [0.4, 0.5) is 24.5 Å². The van der Waals surface area contributed by atoms with E-state index in [1.165, 1.54) is 0 Å². The molecule has 0 bridgehead atoms. The van der Waals surface area contributed by atoms with Gasteiger partial charge in [0.2, 0.25) is 0 Å². The summed E-state index contributed by atoms with van der Waals surface area (Å²) in [5.41, 5.74) is 1.90. The van der Waals surface area contributed by atoms with Crippen molar-refractivity contribution in [2.45, 2.75) is 17.8 Å². The Morgan fingerprint density at radius 2 is 1.35 bits per heavy atom. The first-order valence-electron chi connectivity index (χ1n) is 10.7. The minimum Gasteiger partial charge on any atom is -0.373 e. The van der Waals surface area contributed by atoms with Gasteiger partial charge in [-0.15, -0.1) is 0 Å². The molecule has 8 heteroatoms. The summed E-state index contributed by atoms with van der Waals surface area (Å²) in [5, 5.41) is -0.686. The quantitative estimate of drug-likeness (QED) is 0.282. The van der Waals surface area contributed by atoms with Crippen LogP contribution in [0.25, 0.3) is 0 Å². The maximum atomic E-state index is 13.5. The van der Waals surface area contributed by atoms with E-state index in [-0.39, 0.29) is 11.7 Å². The van der Waals surface area contributed by atoms with Crippen molar-refractivity contribution in [3.8, 4) is 0 Å². The summed E-state index contributed by atoms with van der Waals surface area (Å²) in [5.74, 6) is -0.506. The zero-order chi connectivity index (χ0) is 24.6. The van der Waals surface area contributed by atoms with E-state index >= 15 is 0 Å². The van der Waals surface area contributed by atoms with E-state index in [0.717, 1.165) is 23.1 Å². The number of nitrogens with zero attached hydrogens (tertiary/aromatic N) is 3. The predicted octanol–water partition coefficient (Wildman–Crippen LogP) is 6.51. The lowest BCUT2D eigenvalue weighted by molar-refractivity contribution is -0.133. The molecule has 0 heterocycles. The van der Waals surface area contributed by atoms with Crippen LogP contribution in [0, 0.1) is 0 Å². The number of hydrogen-bond donors (Lipinski definition) is 0. The highest BCUT2D eigenvalue weighted by Gasteiger charge is 2.34. The molecule has 0 aliphatic rings. The van der Waals surface area contributed by atoms with Gasteiger partial charge in [0.25, 0.3) is 5.91 Å². The molecule has 0 aromatic heterocycles. The van der Waals surface area contributed by atoms with Crippen LogP contribution in [0.15, 0.2) is 96.0 Å². The lowest BCUT2D eigenvalue weighted by Gasteiger charge is -2.29. The molecular formula is C26H26F3N3OS. The van der Waals surface area contributed by atoms with Crippen LogP contribution in [0.2, 0.25) is 0 Å². The van der Waals surface area contributed by atoms with Gasteiger partial charge in [0.05, 0.1) is 6.42 Å². The fourth-order valence-electron chi connectivity index (χ4n) is 3.32. The molecule has 0 radical (unpaired) electrons. The van der Waals surface area contributed by atoms with Gasteiger partial charge in [-0.1, -0.05) is 66.4 Å². The molecule has 3 rings (SSSR count). The number of alkyl halides is 3. The second-order valence-corrected chi connectivity index (χ2v) is 9.00. The largest absolute Gasteiger partial charge is 0.390 e. The van der Waals surface area contributed by atoms with Gasteiger partial charge in [-0.3, -0.25) is 4.79 Å². The van der Waals surface area contributed by atoms with Gasteiger partial charge < -0.3 is 9.80 Å². The predicted molar refractivity (Wildman–Crippen MR) is 135 cm³/mol. The van der Waals surface area contributed by atoms with Crippen molar-refractivity contribution in [1.82, 2.24) is 0 Å². The summed E-state index contributed by atoms with van der Waals surface area (Å²) >= 11 is 0.959. The first kappa shape index (κ1) is 25.4. The van der Waals surface area contributed by atoms with Crippen LogP contribution < -0.4 is 9.80 Å². The first-order chi connectivity index (χ1) is 16.2. The van der Waals surface area contributed by atoms with Crippen LogP contribution in [-0.2, 0) is 0 Å². The van der Waals surface area contributed by atoms with Crippen molar-refractivity contribution >= 4 is 34.2 Å². The molecule has 178 valence electrons. The van der Waals surface area contributed by atoms with Gasteiger partial charge in [0.15, 0.2) is 5.17 Å². The number of thioether (sulfide) groups is 1. The summed E-state index contributed by atoms with van der Waals surface area (Å²) in [6.07, 6.45) is -5.38. The van der Waals surface area contributed by atoms with Gasteiger partial charge in [-0.2, -0.15) is 18.2 Å². The highest BCUT2D eigenvalue weighted by Crippen LogP contribution is 2.32. The van der Waals surface area contributed by atoms with Crippen molar-refractivity contribution in [2.24, 2.45) is 4.99 Å². The normalized spacial score (nSPS) is 12.8. The van der Waals surface area contributed by atoms with E-state index in [2.05, 4.69) is 4.99 Å². The Bertz CT molecular complexity index is 1080. The smallest absolute Gasteiger partial charge is 0.373 e. The standard InChI is InChI=1S/C26H26F3N3OS/c1-31(21-14-8-4-9-15-21)19-23(18-26(27,28)29)34-25(32(2)22-16-10-5-11-17-22)30-24(33)20-12-6-3-7-13-20/h3-17,23H,18-19H2,1-2H3. The molecule has 3 aromatic carbocycles. The van der Waals surface area contributed by atoms with Crippen molar-refractivity contribution in [3.63, 3.8) is 0 Å². The number of amides is 1. The Morgan fingerprint density at radius 3 is 1.88 bits per heavy atom. The van der Waals surface area contributed by atoms with Crippen LogP contribution >= 0.6 is 11.8 Å². The first-order valence-corrected chi connectivity index (χ1v) is 11.6. The van der Waals surface area contributed by atoms with E-state index in [1.807, 2.05) is 60.7 Å². The van der Waals surface area contributed by atoms with E-state index < -0.39 is 23.8 Å². The molecule has 0 fully saturated rings. The van der Waals surface area contributed by atoms with Crippen molar-refractivity contribution in [2.75, 3.05) is 30.4 Å². The maximum Gasteiger partial charge on any atom is 0.390 e. The summed E-state index contributed by atoms with van der Waals surface area (Å²) in [6, 6.07) is 26.8. The number of benzene rings is 3. The molecule has 1 amide bonds. The number of hydrogen-bond acceptors (Lipinski definition) is 3. The van der Waals surface area contributed by atoms with Crippen molar-refractivity contribution in [3.05, 3.63) is 96.6 Å². The summed E-state index contributed by atoms with van der Waals surface area (Å²) in [6.45, 7) is 0.120. The van der Waals surface area contributed by atoms with E-state index in [9.17, 15) is 18.0 Å². The monoisotopic (exact) mass is 485 g/mol. The van der Waals surface area contributed by atoms with Crippen molar-refractivity contribution < 1.29 is 18.0 Å². The molecule has 4 nitrogen and oxygen atoms in total. The Morgan fingerprint density at radius 1 is 0.853 bits per heavy atom. The van der Waals surface area contributed by atoms with Gasteiger partial charge >= 0.3 is 6.18 Å². The van der Waals surface area contributed by atoms with E-state index in [0.29, 0.717) is 5.56 Å². The highest BCUT2D eigenvalue weighted by molar-refractivity contribution is 8.14. The fourth-order valence-corrected chi connectivity index (χ4v) is 4.59. The number of aliphatic imine (C=N–C) groups is 1. The Kier molecular flexibility index (Phi) is 8.76. The molecule has 1 unspecified atom stereocenters. The lowest BCUT2D eigenvalue weighted by Crippen LogP contribution is -2.34. The molecule has 0 aliphatic heterocycles. The minimum atomic E-state index is -4.37. The molecule has 0 saturated carbocycles. The Labute approximate surface area is 202 Å². The van der Waals surface area contributed by atoms with E-state index in [4.69, 9.17) is 0 Å². The molecule has 0 N–H and O–H groups in total. The summed E-state index contributed by atoms with van der Waals surface area (Å²) < 4.78 is 40.5. The SMILES string of the molecule is CN(CC(CC(F)(F)F)SC(=NC(=O)c1ccccc1)N(C)c1ccccc1)c1ccccc1. The molecular weight excluding hydrogens is 459 g/mol. The molecule has 0 saturated heterocycles. The van der Waals surface area contributed by atoms with Gasteiger partial charge in [0.1, 0.15) is 0 Å². The number of carbonyl (C=O) groups excluding carboxylic acids is 1. The van der Waals surface area contributed by atoms with Gasteiger partial charge in [0, 0.05) is 42.8 Å². The number of anilines is 2. The second kappa shape index (κ2) is 11.7. The molecule has 0 spiro atoms. The third-order valence-electron chi connectivity index (χ3n) is 5.05. The van der Waals surface area contributed by atoms with Crippen molar-refractivity contribution in [1.29, 1.82) is 0 Å². The molecule has 1 atom stereocenters. The maximum absolute atomic E-state index is 13.5. The van der Waals surface area contributed by atoms with Gasteiger partial charge in [-0.25, -0.2) is 0 Å². The van der Waals surface area contributed by atoms with E-state index in [1.54, 1.807) is 54.2 Å². The highest BCUT2D eigenvalue weighted by atomic mass is 32.2. The van der Waals surface area contributed by atoms with Gasteiger partial charge in [-0.05, 0) is 36.4 Å². The number of amidine groups is 1. The number of carbonyl (C=O) groups is 1. The summed E-state index contributed by atoms with van der Waals surface area (Å²) in [7, 11) is 3.46. The topological polar surface area (TPSA) is 35.9 Å².